The summed E-state index contributed by atoms with van der Waals surface area (Å²) in [5, 5.41) is 3.43. The third-order valence-electron chi connectivity index (χ3n) is 3.19. The standard InChI is InChI=1S/C16H18N2O2/c1-12(14-7-9-17-10-8-14)18-11-13-3-5-15(6-4-13)16(19)20-2/h3-10,12,18H,11H2,1-2H3/t12-/m1/s1. The average Bonchev–Trinajstić information content (AvgIpc) is 2.53. The van der Waals surface area contributed by atoms with Gasteiger partial charge in [0.1, 0.15) is 0 Å². The first-order valence-electron chi connectivity index (χ1n) is 6.51. The molecule has 1 aromatic carbocycles. The quantitative estimate of drug-likeness (QED) is 0.849. The first kappa shape index (κ1) is 14.2. The molecule has 4 nitrogen and oxygen atoms in total. The predicted molar refractivity (Wildman–Crippen MR) is 77.3 cm³/mol. The van der Waals surface area contributed by atoms with Gasteiger partial charge in [0.2, 0.25) is 0 Å². The Bertz CT molecular complexity index is 552. The maximum Gasteiger partial charge on any atom is 0.337 e. The van der Waals surface area contributed by atoms with E-state index in [-0.39, 0.29) is 12.0 Å². The van der Waals surface area contributed by atoms with E-state index in [1.165, 1.54) is 12.7 Å². The van der Waals surface area contributed by atoms with Crippen molar-refractivity contribution in [3.05, 3.63) is 65.5 Å². The normalized spacial score (nSPS) is 11.9. The van der Waals surface area contributed by atoms with Gasteiger partial charge in [-0.05, 0) is 42.3 Å². The first-order chi connectivity index (χ1) is 9.70. The van der Waals surface area contributed by atoms with Gasteiger partial charge in [0, 0.05) is 25.0 Å². The van der Waals surface area contributed by atoms with Gasteiger partial charge < -0.3 is 10.1 Å². The van der Waals surface area contributed by atoms with Crippen LogP contribution in [0.3, 0.4) is 0 Å². The largest absolute Gasteiger partial charge is 0.465 e. The molecule has 0 aliphatic rings. The molecule has 1 atom stereocenters. The molecule has 0 radical (unpaired) electrons. The van der Waals surface area contributed by atoms with E-state index in [2.05, 4.69) is 22.0 Å². The van der Waals surface area contributed by atoms with Crippen LogP contribution in [0.5, 0.6) is 0 Å². The molecule has 4 heteroatoms. The van der Waals surface area contributed by atoms with Crippen LogP contribution in [0.1, 0.15) is 34.5 Å². The lowest BCUT2D eigenvalue weighted by Gasteiger charge is -2.14. The molecule has 0 aliphatic carbocycles. The fourth-order valence-corrected chi connectivity index (χ4v) is 1.92. The Hall–Kier alpha value is -2.20. The third kappa shape index (κ3) is 3.65. The minimum absolute atomic E-state index is 0.248. The topological polar surface area (TPSA) is 51.2 Å². The number of aromatic nitrogens is 1. The van der Waals surface area contributed by atoms with E-state index in [0.717, 1.165) is 12.1 Å². The van der Waals surface area contributed by atoms with Crippen LogP contribution in [0.4, 0.5) is 0 Å². The van der Waals surface area contributed by atoms with E-state index in [9.17, 15) is 4.79 Å². The van der Waals surface area contributed by atoms with E-state index in [1.807, 2.05) is 24.3 Å². The van der Waals surface area contributed by atoms with Gasteiger partial charge in [-0.1, -0.05) is 12.1 Å². The number of pyridine rings is 1. The minimum Gasteiger partial charge on any atom is -0.465 e. The van der Waals surface area contributed by atoms with Gasteiger partial charge in [-0.15, -0.1) is 0 Å². The summed E-state index contributed by atoms with van der Waals surface area (Å²) in [4.78, 5) is 15.3. The van der Waals surface area contributed by atoms with Gasteiger partial charge in [0.05, 0.1) is 12.7 Å². The summed E-state index contributed by atoms with van der Waals surface area (Å²) in [5.41, 5.74) is 2.89. The molecule has 1 N–H and O–H groups in total. The maximum absolute atomic E-state index is 11.3. The summed E-state index contributed by atoms with van der Waals surface area (Å²) in [5.74, 6) is -0.310. The van der Waals surface area contributed by atoms with Gasteiger partial charge in [-0.25, -0.2) is 4.79 Å². The zero-order chi connectivity index (χ0) is 14.4. The summed E-state index contributed by atoms with van der Waals surface area (Å²) >= 11 is 0. The van der Waals surface area contributed by atoms with Crippen molar-refractivity contribution in [1.82, 2.24) is 10.3 Å². The molecule has 0 aliphatic heterocycles. The van der Waals surface area contributed by atoms with Gasteiger partial charge >= 0.3 is 5.97 Å². The van der Waals surface area contributed by atoms with Crippen LogP contribution in [0, 0.1) is 0 Å². The average molecular weight is 270 g/mol. The highest BCUT2D eigenvalue weighted by Gasteiger charge is 2.06. The van der Waals surface area contributed by atoms with Gasteiger partial charge in [-0.2, -0.15) is 0 Å². The van der Waals surface area contributed by atoms with Crippen molar-refractivity contribution in [3.8, 4) is 0 Å². The number of benzene rings is 1. The lowest BCUT2D eigenvalue weighted by Crippen LogP contribution is -2.18. The molecule has 1 aromatic heterocycles. The van der Waals surface area contributed by atoms with Crippen molar-refractivity contribution < 1.29 is 9.53 Å². The van der Waals surface area contributed by atoms with Gasteiger partial charge in [0.15, 0.2) is 0 Å². The van der Waals surface area contributed by atoms with Crippen LogP contribution < -0.4 is 5.32 Å². The molecule has 0 saturated carbocycles. The number of nitrogens with one attached hydrogen (secondary N) is 1. The maximum atomic E-state index is 11.3. The molecule has 20 heavy (non-hydrogen) atoms. The Morgan fingerprint density at radius 3 is 2.45 bits per heavy atom. The molecule has 0 spiro atoms. The molecule has 0 bridgehead atoms. The second-order valence-electron chi connectivity index (χ2n) is 4.57. The summed E-state index contributed by atoms with van der Waals surface area (Å²) in [6, 6.07) is 11.7. The van der Waals surface area contributed by atoms with Crippen LogP contribution in [-0.4, -0.2) is 18.1 Å². The van der Waals surface area contributed by atoms with E-state index < -0.39 is 0 Å². The molecule has 0 saturated heterocycles. The number of hydrogen-bond acceptors (Lipinski definition) is 4. The zero-order valence-corrected chi connectivity index (χ0v) is 11.7. The van der Waals surface area contributed by atoms with Gasteiger partial charge in [0.25, 0.3) is 0 Å². The van der Waals surface area contributed by atoms with Crippen LogP contribution >= 0.6 is 0 Å². The third-order valence-corrected chi connectivity index (χ3v) is 3.19. The molecule has 0 fully saturated rings. The van der Waals surface area contributed by atoms with Crippen molar-refractivity contribution in [2.75, 3.05) is 7.11 Å². The Kier molecular flexibility index (Phi) is 4.85. The van der Waals surface area contributed by atoms with Crippen molar-refractivity contribution in [1.29, 1.82) is 0 Å². The number of carbonyl (C=O) groups excluding carboxylic acids is 1. The van der Waals surface area contributed by atoms with Crippen molar-refractivity contribution in [3.63, 3.8) is 0 Å². The van der Waals surface area contributed by atoms with E-state index in [0.29, 0.717) is 5.56 Å². The molecule has 0 unspecified atom stereocenters. The Labute approximate surface area is 118 Å². The molecule has 2 aromatic rings. The molecular formula is C16H18N2O2. The first-order valence-corrected chi connectivity index (χ1v) is 6.51. The fourth-order valence-electron chi connectivity index (χ4n) is 1.92. The number of carbonyl (C=O) groups is 1. The predicted octanol–water partition coefficient (Wildman–Crippen LogP) is 2.72. The minimum atomic E-state index is -0.310. The lowest BCUT2D eigenvalue weighted by atomic mass is 10.1. The smallest absolute Gasteiger partial charge is 0.337 e. The van der Waals surface area contributed by atoms with Crippen LogP contribution in [-0.2, 0) is 11.3 Å². The van der Waals surface area contributed by atoms with Crippen LogP contribution in [0.25, 0.3) is 0 Å². The van der Waals surface area contributed by atoms with Crippen LogP contribution in [0.15, 0.2) is 48.8 Å². The molecule has 1 heterocycles. The summed E-state index contributed by atoms with van der Waals surface area (Å²) < 4.78 is 4.67. The number of hydrogen-bond donors (Lipinski definition) is 1. The highest BCUT2D eigenvalue weighted by molar-refractivity contribution is 5.89. The Morgan fingerprint density at radius 1 is 1.20 bits per heavy atom. The zero-order valence-electron chi connectivity index (χ0n) is 11.7. The van der Waals surface area contributed by atoms with E-state index >= 15 is 0 Å². The lowest BCUT2D eigenvalue weighted by molar-refractivity contribution is 0.0600. The van der Waals surface area contributed by atoms with Crippen molar-refractivity contribution in [2.24, 2.45) is 0 Å². The van der Waals surface area contributed by atoms with Crippen molar-refractivity contribution in [2.45, 2.75) is 19.5 Å². The van der Waals surface area contributed by atoms with E-state index in [4.69, 9.17) is 0 Å². The number of nitrogens with zero attached hydrogens (tertiary/aromatic N) is 1. The summed E-state index contributed by atoms with van der Waals surface area (Å²) in [6.45, 7) is 2.85. The summed E-state index contributed by atoms with van der Waals surface area (Å²) in [6.07, 6.45) is 3.58. The fraction of sp³-hybridized carbons (Fsp3) is 0.250. The number of esters is 1. The van der Waals surface area contributed by atoms with Gasteiger partial charge in [-0.3, -0.25) is 4.98 Å². The van der Waals surface area contributed by atoms with Crippen molar-refractivity contribution >= 4 is 5.97 Å². The second kappa shape index (κ2) is 6.82. The SMILES string of the molecule is COC(=O)c1ccc(CN[C@H](C)c2ccncc2)cc1. The van der Waals surface area contributed by atoms with E-state index in [1.54, 1.807) is 24.5 Å². The molecule has 104 valence electrons. The number of rotatable bonds is 5. The second-order valence-corrected chi connectivity index (χ2v) is 4.57. The number of methoxy groups -OCH3 is 1. The molecule has 2 rings (SSSR count). The Balaban J connectivity index is 1.93. The monoisotopic (exact) mass is 270 g/mol. The molecule has 0 amide bonds. The Morgan fingerprint density at radius 2 is 1.85 bits per heavy atom. The highest BCUT2D eigenvalue weighted by Crippen LogP contribution is 2.12. The number of ether oxygens (including phenoxy) is 1. The highest BCUT2D eigenvalue weighted by atomic mass is 16.5. The summed E-state index contributed by atoms with van der Waals surface area (Å²) in [7, 11) is 1.38. The molecular weight excluding hydrogens is 252 g/mol. The van der Waals surface area contributed by atoms with Crippen LogP contribution in [0.2, 0.25) is 0 Å².